The highest BCUT2D eigenvalue weighted by Gasteiger charge is 2.20. The van der Waals surface area contributed by atoms with Gasteiger partial charge in [-0.1, -0.05) is 37.3 Å². The molecule has 5 nitrogen and oxygen atoms in total. The number of anilines is 1. The molecule has 7 heteroatoms. The van der Waals surface area contributed by atoms with Gasteiger partial charge in [-0.05, 0) is 23.6 Å². The molecule has 1 aromatic carbocycles. The van der Waals surface area contributed by atoms with Gasteiger partial charge in [0.15, 0.2) is 0 Å². The number of benzene rings is 1. The molecular formula is C16H14ClN3O2S. The van der Waals surface area contributed by atoms with Gasteiger partial charge in [0.05, 0.1) is 5.39 Å². The summed E-state index contributed by atoms with van der Waals surface area (Å²) in [7, 11) is 0. The molecule has 0 spiro atoms. The van der Waals surface area contributed by atoms with E-state index in [4.69, 9.17) is 11.6 Å². The zero-order chi connectivity index (χ0) is 16.4. The smallest absolute Gasteiger partial charge is 0.326 e. The van der Waals surface area contributed by atoms with Crippen molar-refractivity contribution in [3.63, 3.8) is 0 Å². The van der Waals surface area contributed by atoms with E-state index < -0.39 is 12.0 Å². The van der Waals surface area contributed by atoms with Crippen LogP contribution in [0.25, 0.3) is 21.3 Å². The zero-order valence-corrected chi connectivity index (χ0v) is 13.9. The van der Waals surface area contributed by atoms with Gasteiger partial charge >= 0.3 is 5.97 Å². The quantitative estimate of drug-likeness (QED) is 0.673. The van der Waals surface area contributed by atoms with E-state index in [1.54, 1.807) is 6.92 Å². The first-order chi connectivity index (χ1) is 11.1. The van der Waals surface area contributed by atoms with Crippen LogP contribution in [-0.4, -0.2) is 27.1 Å². The van der Waals surface area contributed by atoms with Gasteiger partial charge in [0, 0.05) is 10.9 Å². The predicted octanol–water partition coefficient (Wildman–Crippen LogP) is 4.29. The molecule has 0 aliphatic rings. The number of halogens is 1. The Morgan fingerprint density at radius 2 is 2.09 bits per heavy atom. The van der Waals surface area contributed by atoms with Gasteiger partial charge in [0.1, 0.15) is 16.7 Å². The largest absolute Gasteiger partial charge is 0.480 e. The number of hydrogen-bond acceptors (Lipinski definition) is 5. The molecule has 0 saturated carbocycles. The summed E-state index contributed by atoms with van der Waals surface area (Å²) in [5, 5.41) is 15.1. The van der Waals surface area contributed by atoms with E-state index >= 15 is 0 Å². The van der Waals surface area contributed by atoms with Crippen LogP contribution in [0.15, 0.2) is 35.7 Å². The van der Waals surface area contributed by atoms with Crippen LogP contribution in [0.3, 0.4) is 0 Å². The molecule has 1 unspecified atom stereocenters. The normalized spacial score (nSPS) is 12.3. The van der Waals surface area contributed by atoms with Gasteiger partial charge in [-0.3, -0.25) is 0 Å². The third-order valence-electron chi connectivity index (χ3n) is 3.51. The maximum atomic E-state index is 11.3. The summed E-state index contributed by atoms with van der Waals surface area (Å²) >= 11 is 7.44. The Bertz CT molecular complexity index is 851. The summed E-state index contributed by atoms with van der Waals surface area (Å²) in [5.74, 6) is -0.471. The van der Waals surface area contributed by atoms with Crippen LogP contribution in [0.5, 0.6) is 0 Å². The number of nitrogens with zero attached hydrogens (tertiary/aromatic N) is 2. The van der Waals surface area contributed by atoms with Crippen molar-refractivity contribution in [3.05, 3.63) is 41.0 Å². The standard InChI is InChI=1S/C16H14ClN3O2S/c1-2-11(15(21)22)18-13-12-10(9-6-4-3-5-7-9)8-23-14(12)20-16(17)19-13/h3-8,11H,2H2,1H3,(H,21,22)(H,18,19,20). The molecule has 0 amide bonds. The minimum Gasteiger partial charge on any atom is -0.480 e. The van der Waals surface area contributed by atoms with Gasteiger partial charge in [0.25, 0.3) is 0 Å². The second-order valence-electron chi connectivity index (χ2n) is 4.98. The van der Waals surface area contributed by atoms with Crippen LogP contribution in [0.4, 0.5) is 5.82 Å². The average molecular weight is 348 g/mol. The molecule has 2 heterocycles. The Hall–Kier alpha value is -2.18. The van der Waals surface area contributed by atoms with Gasteiger partial charge in [-0.25, -0.2) is 14.8 Å². The number of fused-ring (bicyclic) bond motifs is 1. The van der Waals surface area contributed by atoms with Crippen molar-refractivity contribution < 1.29 is 9.90 Å². The summed E-state index contributed by atoms with van der Waals surface area (Å²) in [6, 6.07) is 9.11. The van der Waals surface area contributed by atoms with E-state index in [0.29, 0.717) is 12.2 Å². The maximum Gasteiger partial charge on any atom is 0.326 e. The Labute approximate surface area is 142 Å². The molecule has 0 fully saturated rings. The van der Waals surface area contributed by atoms with Crippen molar-refractivity contribution >= 4 is 44.9 Å². The van der Waals surface area contributed by atoms with Crippen molar-refractivity contribution in [3.8, 4) is 11.1 Å². The Morgan fingerprint density at radius 1 is 1.35 bits per heavy atom. The number of carboxylic acid groups (broad SMARTS) is 1. The molecule has 0 aliphatic carbocycles. The van der Waals surface area contributed by atoms with Crippen LogP contribution in [-0.2, 0) is 4.79 Å². The predicted molar refractivity (Wildman–Crippen MR) is 93.2 cm³/mol. The highest BCUT2D eigenvalue weighted by molar-refractivity contribution is 7.17. The van der Waals surface area contributed by atoms with E-state index in [1.807, 2.05) is 35.7 Å². The monoisotopic (exact) mass is 347 g/mol. The van der Waals surface area contributed by atoms with Crippen LogP contribution in [0, 0.1) is 0 Å². The molecule has 3 aromatic rings. The summed E-state index contributed by atoms with van der Waals surface area (Å²) in [6.45, 7) is 1.80. The molecular weight excluding hydrogens is 334 g/mol. The first kappa shape index (κ1) is 15.7. The first-order valence-corrected chi connectivity index (χ1v) is 8.35. The number of carbonyl (C=O) groups is 1. The Balaban J connectivity index is 2.16. The Kier molecular flexibility index (Phi) is 4.45. The lowest BCUT2D eigenvalue weighted by Crippen LogP contribution is -2.28. The highest BCUT2D eigenvalue weighted by atomic mass is 35.5. The van der Waals surface area contributed by atoms with E-state index in [2.05, 4.69) is 15.3 Å². The number of nitrogens with one attached hydrogen (secondary N) is 1. The van der Waals surface area contributed by atoms with Gasteiger partial charge in [-0.15, -0.1) is 11.3 Å². The number of carboxylic acids is 1. The van der Waals surface area contributed by atoms with E-state index in [9.17, 15) is 9.90 Å². The van der Waals surface area contributed by atoms with E-state index in [0.717, 1.165) is 21.3 Å². The third kappa shape index (κ3) is 3.13. The van der Waals surface area contributed by atoms with Gasteiger partial charge < -0.3 is 10.4 Å². The minimum absolute atomic E-state index is 0.0988. The van der Waals surface area contributed by atoms with E-state index in [1.165, 1.54) is 11.3 Å². The lowest BCUT2D eigenvalue weighted by Gasteiger charge is -2.14. The molecule has 118 valence electrons. The number of hydrogen-bond donors (Lipinski definition) is 2. The topological polar surface area (TPSA) is 75.1 Å². The highest BCUT2D eigenvalue weighted by Crippen LogP contribution is 2.37. The molecule has 1 atom stereocenters. The van der Waals surface area contributed by atoms with Crippen molar-refractivity contribution in [2.24, 2.45) is 0 Å². The number of rotatable bonds is 5. The van der Waals surface area contributed by atoms with Crippen molar-refractivity contribution in [1.29, 1.82) is 0 Å². The fraction of sp³-hybridized carbons (Fsp3) is 0.188. The van der Waals surface area contributed by atoms with Crippen molar-refractivity contribution in [2.45, 2.75) is 19.4 Å². The molecule has 3 rings (SSSR count). The second-order valence-corrected chi connectivity index (χ2v) is 6.18. The summed E-state index contributed by atoms with van der Waals surface area (Å²) in [6.07, 6.45) is 0.434. The SMILES string of the molecule is CCC(Nc1nc(Cl)nc2scc(-c3ccccc3)c12)C(=O)O. The van der Waals surface area contributed by atoms with Crippen molar-refractivity contribution in [2.75, 3.05) is 5.32 Å². The van der Waals surface area contributed by atoms with Crippen LogP contribution >= 0.6 is 22.9 Å². The fourth-order valence-corrected chi connectivity index (χ4v) is 3.52. The van der Waals surface area contributed by atoms with Gasteiger partial charge in [0.2, 0.25) is 5.28 Å². The maximum absolute atomic E-state index is 11.3. The summed E-state index contributed by atoms with van der Waals surface area (Å²) in [4.78, 5) is 20.5. The van der Waals surface area contributed by atoms with Crippen LogP contribution in [0.2, 0.25) is 5.28 Å². The Morgan fingerprint density at radius 3 is 2.74 bits per heavy atom. The lowest BCUT2D eigenvalue weighted by atomic mass is 10.1. The lowest BCUT2D eigenvalue weighted by molar-refractivity contribution is -0.137. The third-order valence-corrected chi connectivity index (χ3v) is 4.55. The molecule has 0 radical (unpaired) electrons. The number of thiophene rings is 1. The minimum atomic E-state index is -0.924. The molecule has 2 N–H and O–H groups in total. The molecule has 23 heavy (non-hydrogen) atoms. The molecule has 2 aromatic heterocycles. The van der Waals surface area contributed by atoms with Crippen LogP contribution < -0.4 is 5.32 Å². The molecule has 0 bridgehead atoms. The first-order valence-electron chi connectivity index (χ1n) is 7.09. The summed E-state index contributed by atoms with van der Waals surface area (Å²) < 4.78 is 0. The molecule has 0 saturated heterocycles. The second kappa shape index (κ2) is 6.52. The molecule has 0 aliphatic heterocycles. The van der Waals surface area contributed by atoms with E-state index in [-0.39, 0.29) is 5.28 Å². The van der Waals surface area contributed by atoms with Crippen LogP contribution in [0.1, 0.15) is 13.3 Å². The zero-order valence-electron chi connectivity index (χ0n) is 12.3. The summed E-state index contributed by atoms with van der Waals surface area (Å²) in [5.41, 5.74) is 1.99. The van der Waals surface area contributed by atoms with Crippen molar-refractivity contribution in [1.82, 2.24) is 9.97 Å². The van der Waals surface area contributed by atoms with Gasteiger partial charge in [-0.2, -0.15) is 0 Å². The number of aliphatic carboxylic acids is 1. The number of aromatic nitrogens is 2. The fourth-order valence-electron chi connectivity index (χ4n) is 2.35. The average Bonchev–Trinajstić information content (AvgIpc) is 2.96.